The number of benzene rings is 1. The molecule has 2 radical (unpaired) electrons. The van der Waals surface area contributed by atoms with Crippen molar-refractivity contribution in [3.8, 4) is 5.75 Å². The molecule has 1 rings (SSSR count). The molecule has 0 spiro atoms. The predicted molar refractivity (Wildman–Crippen MR) is 47.6 cm³/mol. The van der Waals surface area contributed by atoms with Crippen LogP contribution in [-0.4, -0.2) is 13.0 Å². The van der Waals surface area contributed by atoms with E-state index in [9.17, 15) is 5.11 Å². The van der Waals surface area contributed by atoms with Crippen molar-refractivity contribution in [1.29, 1.82) is 0 Å². The van der Waals surface area contributed by atoms with Crippen molar-refractivity contribution in [2.45, 2.75) is 19.8 Å². The first kappa shape index (κ1) is 8.18. The fourth-order valence-corrected chi connectivity index (χ4v) is 0.920. The van der Waals surface area contributed by atoms with E-state index in [0.29, 0.717) is 11.4 Å². The highest BCUT2D eigenvalue weighted by atomic mass is 16.3. The van der Waals surface area contributed by atoms with Crippen molar-refractivity contribution >= 4 is 13.3 Å². The van der Waals surface area contributed by atoms with Crippen molar-refractivity contribution in [3.05, 3.63) is 23.8 Å². The van der Waals surface area contributed by atoms with E-state index in [1.54, 1.807) is 12.1 Å². The molecule has 0 aliphatic heterocycles. The van der Waals surface area contributed by atoms with Crippen LogP contribution in [0.4, 0.5) is 0 Å². The lowest BCUT2D eigenvalue weighted by Gasteiger charge is -2.06. The second-order valence-corrected chi connectivity index (χ2v) is 2.97. The molecule has 0 saturated carbocycles. The fraction of sp³-hybridized carbons (Fsp3) is 0.333. The lowest BCUT2D eigenvalue weighted by molar-refractivity contribution is 0.478. The molecule has 0 amide bonds. The number of phenolic OH excluding ortho intramolecular Hbond substituents is 1. The number of phenols is 1. The average molecular weight is 146 g/mol. The van der Waals surface area contributed by atoms with Crippen LogP contribution < -0.4 is 5.46 Å². The van der Waals surface area contributed by atoms with E-state index < -0.39 is 0 Å². The summed E-state index contributed by atoms with van der Waals surface area (Å²) in [5.41, 5.74) is 1.55. The van der Waals surface area contributed by atoms with Crippen LogP contribution in [0.3, 0.4) is 0 Å². The maximum Gasteiger partial charge on any atom is 0.118 e. The third kappa shape index (κ3) is 1.76. The average Bonchev–Trinajstić information content (AvgIpc) is 1.94. The monoisotopic (exact) mass is 146 g/mol. The van der Waals surface area contributed by atoms with E-state index in [1.807, 2.05) is 6.07 Å². The van der Waals surface area contributed by atoms with Crippen molar-refractivity contribution in [2.24, 2.45) is 0 Å². The molecule has 0 saturated heterocycles. The fourth-order valence-electron chi connectivity index (χ4n) is 0.920. The van der Waals surface area contributed by atoms with Crippen LogP contribution in [0.25, 0.3) is 0 Å². The van der Waals surface area contributed by atoms with E-state index in [4.69, 9.17) is 7.85 Å². The topological polar surface area (TPSA) is 20.2 Å². The Kier molecular flexibility index (Phi) is 2.23. The van der Waals surface area contributed by atoms with Gasteiger partial charge in [0.15, 0.2) is 0 Å². The maximum absolute atomic E-state index is 9.22. The van der Waals surface area contributed by atoms with Crippen LogP contribution in [0, 0.1) is 0 Å². The molecule has 1 aromatic carbocycles. The summed E-state index contributed by atoms with van der Waals surface area (Å²) in [5.74, 6) is 0.609. The van der Waals surface area contributed by atoms with E-state index in [1.165, 1.54) is 0 Å². The maximum atomic E-state index is 9.22. The lowest BCUT2D eigenvalue weighted by atomic mass is 9.91. The standard InChI is InChI=1S/C9H11BO/c1-6(2)7-3-4-8(10)9(11)5-7/h3-6,11H,1-2H3. The van der Waals surface area contributed by atoms with E-state index in [2.05, 4.69) is 13.8 Å². The van der Waals surface area contributed by atoms with Gasteiger partial charge in [-0.25, -0.2) is 0 Å². The van der Waals surface area contributed by atoms with Crippen LogP contribution in [-0.2, 0) is 0 Å². The summed E-state index contributed by atoms with van der Waals surface area (Å²) in [7, 11) is 5.44. The summed E-state index contributed by atoms with van der Waals surface area (Å²) in [4.78, 5) is 0. The number of aromatic hydroxyl groups is 1. The molecule has 1 aromatic rings. The van der Waals surface area contributed by atoms with E-state index in [-0.39, 0.29) is 5.75 Å². The van der Waals surface area contributed by atoms with Gasteiger partial charge in [0.25, 0.3) is 0 Å². The first-order chi connectivity index (χ1) is 5.11. The van der Waals surface area contributed by atoms with E-state index in [0.717, 1.165) is 5.56 Å². The van der Waals surface area contributed by atoms with E-state index >= 15 is 0 Å². The lowest BCUT2D eigenvalue weighted by Crippen LogP contribution is -2.03. The van der Waals surface area contributed by atoms with Gasteiger partial charge in [0, 0.05) is 0 Å². The quantitative estimate of drug-likeness (QED) is 0.592. The summed E-state index contributed by atoms with van der Waals surface area (Å²) >= 11 is 0. The Hall–Kier alpha value is -0.915. The zero-order chi connectivity index (χ0) is 8.43. The molecular formula is C9H11BO. The smallest absolute Gasteiger partial charge is 0.118 e. The van der Waals surface area contributed by atoms with Crippen LogP contribution in [0.15, 0.2) is 18.2 Å². The normalized spacial score (nSPS) is 10.5. The summed E-state index contributed by atoms with van der Waals surface area (Å²) in [6.07, 6.45) is 0. The molecule has 0 aromatic heterocycles. The molecule has 11 heavy (non-hydrogen) atoms. The van der Waals surface area contributed by atoms with Crippen LogP contribution >= 0.6 is 0 Å². The zero-order valence-electron chi connectivity index (χ0n) is 6.83. The predicted octanol–water partition coefficient (Wildman–Crippen LogP) is 1.31. The number of rotatable bonds is 1. The SMILES string of the molecule is [B]c1ccc(C(C)C)cc1O. The molecule has 1 N–H and O–H groups in total. The Labute approximate surface area is 68.5 Å². The minimum absolute atomic E-state index is 0.177. The first-order valence-electron chi connectivity index (χ1n) is 3.69. The highest BCUT2D eigenvalue weighted by Gasteiger charge is 2.00. The molecule has 0 atom stereocenters. The number of hydrogen-bond donors (Lipinski definition) is 1. The molecule has 56 valence electrons. The largest absolute Gasteiger partial charge is 0.509 e. The third-order valence-electron chi connectivity index (χ3n) is 1.72. The Bertz CT molecular complexity index is 256. The molecule has 0 aliphatic carbocycles. The minimum Gasteiger partial charge on any atom is -0.509 e. The second kappa shape index (κ2) is 2.99. The molecule has 0 aliphatic rings. The van der Waals surface area contributed by atoms with Gasteiger partial charge in [-0.15, -0.1) is 0 Å². The highest BCUT2D eigenvalue weighted by Crippen LogP contribution is 2.16. The molecular weight excluding hydrogens is 135 g/mol. The van der Waals surface area contributed by atoms with Gasteiger partial charge in [0.2, 0.25) is 0 Å². The van der Waals surface area contributed by atoms with Crippen molar-refractivity contribution in [2.75, 3.05) is 0 Å². The van der Waals surface area contributed by atoms with Gasteiger partial charge in [-0.05, 0) is 17.5 Å². The Balaban J connectivity index is 3.05. The molecule has 0 unspecified atom stereocenters. The summed E-state index contributed by atoms with van der Waals surface area (Å²) in [5, 5.41) is 9.22. The zero-order valence-corrected chi connectivity index (χ0v) is 6.83. The Morgan fingerprint density at radius 3 is 2.45 bits per heavy atom. The van der Waals surface area contributed by atoms with Gasteiger partial charge in [0.1, 0.15) is 13.6 Å². The van der Waals surface area contributed by atoms with Gasteiger partial charge in [-0.2, -0.15) is 0 Å². The van der Waals surface area contributed by atoms with Crippen molar-refractivity contribution in [3.63, 3.8) is 0 Å². The van der Waals surface area contributed by atoms with Crippen molar-refractivity contribution < 1.29 is 5.11 Å². The molecule has 0 heterocycles. The van der Waals surface area contributed by atoms with Gasteiger partial charge in [-0.1, -0.05) is 31.4 Å². The first-order valence-corrected chi connectivity index (χ1v) is 3.69. The summed E-state index contributed by atoms with van der Waals surface area (Å²) < 4.78 is 0. The number of hydrogen-bond acceptors (Lipinski definition) is 1. The van der Waals surface area contributed by atoms with Crippen LogP contribution in [0.1, 0.15) is 25.3 Å². The third-order valence-corrected chi connectivity index (χ3v) is 1.72. The molecule has 0 bridgehead atoms. The summed E-state index contributed by atoms with van der Waals surface area (Å²) in [6.45, 7) is 4.15. The summed E-state index contributed by atoms with van der Waals surface area (Å²) in [6, 6.07) is 5.37. The second-order valence-electron chi connectivity index (χ2n) is 2.97. The molecule has 2 heteroatoms. The Morgan fingerprint density at radius 2 is 2.00 bits per heavy atom. The van der Waals surface area contributed by atoms with Gasteiger partial charge >= 0.3 is 0 Å². The van der Waals surface area contributed by atoms with Gasteiger partial charge in [0.05, 0.1) is 0 Å². The molecule has 0 fully saturated rings. The van der Waals surface area contributed by atoms with Gasteiger partial charge < -0.3 is 5.11 Å². The van der Waals surface area contributed by atoms with Gasteiger partial charge in [-0.3, -0.25) is 0 Å². The minimum atomic E-state index is 0.177. The van der Waals surface area contributed by atoms with Crippen LogP contribution in [0.2, 0.25) is 0 Å². The molecule has 1 nitrogen and oxygen atoms in total. The highest BCUT2D eigenvalue weighted by molar-refractivity contribution is 6.34. The van der Waals surface area contributed by atoms with Crippen molar-refractivity contribution in [1.82, 2.24) is 0 Å². The van der Waals surface area contributed by atoms with Crippen LogP contribution in [0.5, 0.6) is 5.75 Å². The Morgan fingerprint density at radius 1 is 1.36 bits per heavy atom.